The van der Waals surface area contributed by atoms with E-state index in [1.807, 2.05) is 12.1 Å². The van der Waals surface area contributed by atoms with Crippen LogP contribution >= 0.6 is 11.3 Å². The maximum absolute atomic E-state index is 12.5. The van der Waals surface area contributed by atoms with E-state index in [1.54, 1.807) is 43.5 Å². The van der Waals surface area contributed by atoms with Crippen molar-refractivity contribution in [3.63, 3.8) is 0 Å². The van der Waals surface area contributed by atoms with Gasteiger partial charge in [0.15, 0.2) is 0 Å². The van der Waals surface area contributed by atoms with Crippen LogP contribution in [0.4, 0.5) is 10.8 Å². The molecule has 3 rings (SSSR count). The van der Waals surface area contributed by atoms with Gasteiger partial charge >= 0.3 is 0 Å². The standard InChI is InChI=1S/C19H20N4O5S2/c1-27-15-8-4-13(5-9-15)18-21-22-19(29-18)20-17(24)12-23(30(3,25)26)14-6-10-16(28-2)11-7-14/h4-11H,12H2,1-3H3,(H,20,22,24). The lowest BCUT2D eigenvalue weighted by molar-refractivity contribution is -0.114. The summed E-state index contributed by atoms with van der Waals surface area (Å²) in [5.74, 6) is 0.765. The molecule has 0 aliphatic heterocycles. The first kappa shape index (κ1) is 21.5. The quantitative estimate of drug-likeness (QED) is 0.564. The molecule has 1 heterocycles. The van der Waals surface area contributed by atoms with Crippen LogP contribution in [0.5, 0.6) is 11.5 Å². The Morgan fingerprint density at radius 2 is 1.57 bits per heavy atom. The topological polar surface area (TPSA) is 111 Å². The molecule has 158 valence electrons. The van der Waals surface area contributed by atoms with Crippen LogP contribution in [0.2, 0.25) is 0 Å². The summed E-state index contributed by atoms with van der Waals surface area (Å²) in [4.78, 5) is 12.5. The van der Waals surface area contributed by atoms with Crippen molar-refractivity contribution in [3.05, 3.63) is 48.5 Å². The van der Waals surface area contributed by atoms with Gasteiger partial charge in [0.1, 0.15) is 23.1 Å². The van der Waals surface area contributed by atoms with Gasteiger partial charge in [-0.15, -0.1) is 10.2 Å². The maximum atomic E-state index is 12.5. The number of carbonyl (C=O) groups is 1. The molecule has 1 N–H and O–H groups in total. The summed E-state index contributed by atoms with van der Waals surface area (Å²) in [6, 6.07) is 13.6. The first-order valence-corrected chi connectivity index (χ1v) is 11.4. The van der Waals surface area contributed by atoms with E-state index in [0.29, 0.717) is 16.4 Å². The molecule has 0 aliphatic rings. The summed E-state index contributed by atoms with van der Waals surface area (Å²) in [5, 5.41) is 11.5. The van der Waals surface area contributed by atoms with Gasteiger partial charge in [-0.1, -0.05) is 11.3 Å². The van der Waals surface area contributed by atoms with Gasteiger partial charge in [0.25, 0.3) is 0 Å². The number of benzene rings is 2. The Labute approximate surface area is 178 Å². The van der Waals surface area contributed by atoms with Gasteiger partial charge in [-0.2, -0.15) is 0 Å². The molecule has 0 aliphatic carbocycles. The van der Waals surface area contributed by atoms with E-state index in [1.165, 1.54) is 18.4 Å². The van der Waals surface area contributed by atoms with Gasteiger partial charge in [-0.25, -0.2) is 8.42 Å². The fraction of sp³-hybridized carbons (Fsp3) is 0.211. The van der Waals surface area contributed by atoms with Crippen LogP contribution in [0.25, 0.3) is 10.6 Å². The minimum absolute atomic E-state index is 0.272. The number of nitrogens with one attached hydrogen (secondary N) is 1. The average molecular weight is 449 g/mol. The Balaban J connectivity index is 1.71. The number of ether oxygens (including phenoxy) is 2. The van der Waals surface area contributed by atoms with Gasteiger partial charge < -0.3 is 9.47 Å². The molecular formula is C19H20N4O5S2. The third-order valence-electron chi connectivity index (χ3n) is 4.06. The predicted molar refractivity (Wildman–Crippen MR) is 116 cm³/mol. The van der Waals surface area contributed by atoms with Gasteiger partial charge in [0.2, 0.25) is 21.1 Å². The fourth-order valence-electron chi connectivity index (χ4n) is 2.56. The molecule has 30 heavy (non-hydrogen) atoms. The second kappa shape index (κ2) is 9.09. The number of anilines is 2. The first-order chi connectivity index (χ1) is 14.3. The molecule has 0 radical (unpaired) electrons. The van der Waals surface area contributed by atoms with Gasteiger partial charge in [0.05, 0.1) is 26.2 Å². The van der Waals surface area contributed by atoms with E-state index in [9.17, 15) is 13.2 Å². The monoisotopic (exact) mass is 448 g/mol. The van der Waals surface area contributed by atoms with E-state index in [0.717, 1.165) is 21.9 Å². The summed E-state index contributed by atoms with van der Waals surface area (Å²) >= 11 is 1.18. The molecule has 1 amide bonds. The van der Waals surface area contributed by atoms with Crippen LogP contribution in [0.15, 0.2) is 48.5 Å². The lowest BCUT2D eigenvalue weighted by atomic mass is 10.2. The molecule has 0 atom stereocenters. The van der Waals surface area contributed by atoms with Crippen LogP contribution < -0.4 is 19.1 Å². The normalized spacial score (nSPS) is 11.0. The van der Waals surface area contributed by atoms with Crippen molar-refractivity contribution in [2.45, 2.75) is 0 Å². The average Bonchev–Trinajstić information content (AvgIpc) is 3.20. The minimum atomic E-state index is -3.68. The molecule has 0 spiro atoms. The number of carbonyl (C=O) groups excluding carboxylic acids is 1. The van der Waals surface area contributed by atoms with Crippen molar-refractivity contribution < 1.29 is 22.7 Å². The van der Waals surface area contributed by atoms with E-state index < -0.39 is 22.5 Å². The molecule has 9 nitrogen and oxygen atoms in total. The summed E-state index contributed by atoms with van der Waals surface area (Å²) in [5.41, 5.74) is 1.18. The van der Waals surface area contributed by atoms with E-state index in [2.05, 4.69) is 15.5 Å². The van der Waals surface area contributed by atoms with Crippen molar-refractivity contribution >= 4 is 38.1 Å². The molecule has 0 bridgehead atoms. The summed E-state index contributed by atoms with van der Waals surface area (Å²) in [6.07, 6.45) is 1.04. The first-order valence-electron chi connectivity index (χ1n) is 8.69. The highest BCUT2D eigenvalue weighted by Crippen LogP contribution is 2.28. The molecule has 0 saturated heterocycles. The SMILES string of the molecule is COc1ccc(-c2nnc(NC(=O)CN(c3ccc(OC)cc3)S(C)(=O)=O)s2)cc1. The van der Waals surface area contributed by atoms with E-state index in [4.69, 9.17) is 9.47 Å². The van der Waals surface area contributed by atoms with Gasteiger partial charge in [-0.05, 0) is 48.5 Å². The number of amides is 1. The van der Waals surface area contributed by atoms with Crippen LogP contribution in [0.1, 0.15) is 0 Å². The van der Waals surface area contributed by atoms with E-state index in [-0.39, 0.29) is 5.13 Å². The lowest BCUT2D eigenvalue weighted by Crippen LogP contribution is -2.37. The molecule has 0 unspecified atom stereocenters. The number of rotatable bonds is 8. The zero-order chi connectivity index (χ0) is 21.7. The van der Waals surface area contributed by atoms with Crippen molar-refractivity contribution in [2.24, 2.45) is 0 Å². The van der Waals surface area contributed by atoms with E-state index >= 15 is 0 Å². The van der Waals surface area contributed by atoms with Crippen molar-refractivity contribution in [1.82, 2.24) is 10.2 Å². The fourth-order valence-corrected chi connectivity index (χ4v) is 4.18. The summed E-state index contributed by atoms with van der Waals surface area (Å²) < 4.78 is 35.6. The second-order valence-electron chi connectivity index (χ2n) is 6.16. The number of sulfonamides is 1. The maximum Gasteiger partial charge on any atom is 0.246 e. The minimum Gasteiger partial charge on any atom is -0.497 e. The Bertz CT molecular complexity index is 1110. The smallest absolute Gasteiger partial charge is 0.246 e. The highest BCUT2D eigenvalue weighted by Gasteiger charge is 2.22. The molecule has 0 fully saturated rings. The summed E-state index contributed by atoms with van der Waals surface area (Å²) in [7, 11) is -0.587. The Hall–Kier alpha value is -3.18. The Kier molecular flexibility index (Phi) is 6.53. The highest BCUT2D eigenvalue weighted by molar-refractivity contribution is 7.92. The molecule has 3 aromatic rings. The number of hydrogen-bond acceptors (Lipinski definition) is 8. The van der Waals surface area contributed by atoms with Crippen molar-refractivity contribution in [1.29, 1.82) is 0 Å². The zero-order valence-corrected chi connectivity index (χ0v) is 18.2. The number of nitrogens with zero attached hydrogens (tertiary/aromatic N) is 3. The molecule has 0 saturated carbocycles. The van der Waals surface area contributed by atoms with Crippen molar-refractivity contribution in [3.8, 4) is 22.1 Å². The highest BCUT2D eigenvalue weighted by atomic mass is 32.2. The number of hydrogen-bond donors (Lipinski definition) is 1. The number of aromatic nitrogens is 2. The summed E-state index contributed by atoms with van der Waals surface area (Å²) in [6.45, 7) is -0.400. The molecular weight excluding hydrogens is 428 g/mol. The lowest BCUT2D eigenvalue weighted by Gasteiger charge is -2.21. The predicted octanol–water partition coefficient (Wildman–Crippen LogP) is 2.63. The van der Waals surface area contributed by atoms with Crippen molar-refractivity contribution in [2.75, 3.05) is 36.6 Å². The number of methoxy groups -OCH3 is 2. The Morgan fingerprint density at radius 3 is 2.10 bits per heavy atom. The van der Waals surface area contributed by atoms with Crippen LogP contribution in [-0.4, -0.2) is 51.5 Å². The second-order valence-corrected chi connectivity index (χ2v) is 9.04. The van der Waals surface area contributed by atoms with Gasteiger partial charge in [0, 0.05) is 5.56 Å². The largest absolute Gasteiger partial charge is 0.497 e. The Morgan fingerprint density at radius 1 is 1.00 bits per heavy atom. The third-order valence-corrected chi connectivity index (χ3v) is 6.08. The molecule has 11 heteroatoms. The van der Waals surface area contributed by atoms with Gasteiger partial charge in [-0.3, -0.25) is 14.4 Å². The third kappa shape index (κ3) is 5.24. The molecule has 2 aromatic carbocycles. The van der Waals surface area contributed by atoms with Crippen LogP contribution in [0, 0.1) is 0 Å². The van der Waals surface area contributed by atoms with Crippen LogP contribution in [-0.2, 0) is 14.8 Å². The van der Waals surface area contributed by atoms with Crippen LogP contribution in [0.3, 0.4) is 0 Å². The zero-order valence-electron chi connectivity index (χ0n) is 16.5. The molecule has 1 aromatic heterocycles.